The maximum absolute atomic E-state index is 11.9. The van der Waals surface area contributed by atoms with Gasteiger partial charge >= 0.3 is 0 Å². The monoisotopic (exact) mass is 232 g/mol. The van der Waals surface area contributed by atoms with Crippen LogP contribution in [0.3, 0.4) is 0 Å². The normalized spacial score (nSPS) is 17.9. The number of pyridine rings is 1. The van der Waals surface area contributed by atoms with E-state index in [4.69, 9.17) is 0 Å². The summed E-state index contributed by atoms with van der Waals surface area (Å²) in [5.74, 6) is 0.792. The van der Waals surface area contributed by atoms with Crippen molar-refractivity contribution in [3.05, 3.63) is 30.1 Å². The Morgan fingerprint density at radius 2 is 2.06 bits per heavy atom. The van der Waals surface area contributed by atoms with E-state index in [1.54, 1.807) is 12.4 Å². The van der Waals surface area contributed by atoms with Gasteiger partial charge in [0.05, 0.1) is 6.04 Å². The molecule has 3 heteroatoms. The Morgan fingerprint density at radius 1 is 1.41 bits per heavy atom. The number of nitrogens with zero attached hydrogens (tertiary/aromatic N) is 1. The average molecular weight is 232 g/mol. The second-order valence-corrected chi connectivity index (χ2v) is 4.92. The van der Waals surface area contributed by atoms with Crippen molar-refractivity contribution in [2.75, 3.05) is 0 Å². The molecule has 3 nitrogen and oxygen atoms in total. The molecule has 1 N–H and O–H groups in total. The van der Waals surface area contributed by atoms with Crippen LogP contribution in [0.4, 0.5) is 0 Å². The zero-order valence-electron chi connectivity index (χ0n) is 10.4. The summed E-state index contributed by atoms with van der Waals surface area (Å²) in [7, 11) is 0. The van der Waals surface area contributed by atoms with Crippen molar-refractivity contribution < 1.29 is 4.79 Å². The average Bonchev–Trinajstić information content (AvgIpc) is 2.82. The number of rotatable bonds is 4. The predicted molar refractivity (Wildman–Crippen MR) is 67.4 cm³/mol. The van der Waals surface area contributed by atoms with E-state index in [9.17, 15) is 4.79 Å². The van der Waals surface area contributed by atoms with Gasteiger partial charge in [-0.1, -0.05) is 12.8 Å². The summed E-state index contributed by atoms with van der Waals surface area (Å²) in [4.78, 5) is 15.8. The van der Waals surface area contributed by atoms with Crippen LogP contribution >= 0.6 is 0 Å². The van der Waals surface area contributed by atoms with Gasteiger partial charge in [0.25, 0.3) is 0 Å². The summed E-state index contributed by atoms with van der Waals surface area (Å²) in [5, 5.41) is 3.06. The van der Waals surface area contributed by atoms with Crippen molar-refractivity contribution in [2.24, 2.45) is 5.92 Å². The maximum Gasteiger partial charge on any atom is 0.220 e. The molecule has 17 heavy (non-hydrogen) atoms. The van der Waals surface area contributed by atoms with Gasteiger partial charge in [0.2, 0.25) is 5.91 Å². The number of hydrogen-bond acceptors (Lipinski definition) is 2. The molecule has 1 aromatic heterocycles. The van der Waals surface area contributed by atoms with E-state index in [1.807, 2.05) is 19.1 Å². The van der Waals surface area contributed by atoms with Crippen LogP contribution in [0.25, 0.3) is 0 Å². The highest BCUT2D eigenvalue weighted by Crippen LogP contribution is 2.27. The van der Waals surface area contributed by atoms with Crippen LogP contribution in [0.1, 0.15) is 50.6 Å². The van der Waals surface area contributed by atoms with Crippen molar-refractivity contribution in [3.63, 3.8) is 0 Å². The van der Waals surface area contributed by atoms with Gasteiger partial charge in [-0.3, -0.25) is 9.78 Å². The standard InChI is InChI=1S/C14H20N2O/c1-11(13-6-8-15-9-7-13)16-14(17)10-12-4-2-3-5-12/h6-9,11-12H,2-5,10H2,1H3,(H,16,17). The van der Waals surface area contributed by atoms with Gasteiger partial charge in [0, 0.05) is 18.8 Å². The Balaban J connectivity index is 1.81. The van der Waals surface area contributed by atoms with Gasteiger partial charge in [-0.2, -0.15) is 0 Å². The van der Waals surface area contributed by atoms with Crippen LogP contribution in [0.2, 0.25) is 0 Å². The summed E-state index contributed by atoms with van der Waals surface area (Å²) in [6, 6.07) is 3.97. The van der Waals surface area contributed by atoms with Gasteiger partial charge in [0.15, 0.2) is 0 Å². The summed E-state index contributed by atoms with van der Waals surface area (Å²) in [6.07, 6.45) is 9.23. The van der Waals surface area contributed by atoms with Crippen LogP contribution in [-0.4, -0.2) is 10.9 Å². The van der Waals surface area contributed by atoms with E-state index in [0.717, 1.165) is 5.56 Å². The van der Waals surface area contributed by atoms with Crippen molar-refractivity contribution in [3.8, 4) is 0 Å². The van der Waals surface area contributed by atoms with Gasteiger partial charge in [-0.15, -0.1) is 0 Å². The highest BCUT2D eigenvalue weighted by atomic mass is 16.1. The molecule has 1 aliphatic carbocycles. The van der Waals surface area contributed by atoms with Gasteiger partial charge < -0.3 is 5.32 Å². The van der Waals surface area contributed by atoms with E-state index >= 15 is 0 Å². The summed E-state index contributed by atoms with van der Waals surface area (Å²) in [5.41, 5.74) is 1.11. The second-order valence-electron chi connectivity index (χ2n) is 4.92. The number of hydrogen-bond donors (Lipinski definition) is 1. The first-order chi connectivity index (χ1) is 8.25. The maximum atomic E-state index is 11.9. The largest absolute Gasteiger partial charge is 0.350 e. The molecule has 0 bridgehead atoms. The third-order valence-corrected chi connectivity index (χ3v) is 3.53. The number of aromatic nitrogens is 1. The molecule has 92 valence electrons. The molecule has 0 aliphatic heterocycles. The smallest absolute Gasteiger partial charge is 0.220 e. The lowest BCUT2D eigenvalue weighted by Gasteiger charge is -2.15. The minimum atomic E-state index is 0.0758. The van der Waals surface area contributed by atoms with Crippen molar-refractivity contribution >= 4 is 5.91 Å². The number of amides is 1. The molecule has 1 fully saturated rings. The Kier molecular flexibility index (Phi) is 4.13. The first-order valence-electron chi connectivity index (χ1n) is 6.45. The van der Waals surface area contributed by atoms with Crippen LogP contribution in [0, 0.1) is 5.92 Å². The van der Waals surface area contributed by atoms with E-state index in [1.165, 1.54) is 25.7 Å². The zero-order valence-corrected chi connectivity index (χ0v) is 10.4. The zero-order chi connectivity index (χ0) is 12.1. The highest BCUT2D eigenvalue weighted by Gasteiger charge is 2.19. The minimum Gasteiger partial charge on any atom is -0.350 e. The van der Waals surface area contributed by atoms with Gasteiger partial charge in [-0.05, 0) is 43.4 Å². The second kappa shape index (κ2) is 5.80. The Bertz CT molecular complexity index is 358. The quantitative estimate of drug-likeness (QED) is 0.867. The molecule has 1 aliphatic rings. The van der Waals surface area contributed by atoms with E-state index in [-0.39, 0.29) is 11.9 Å². The summed E-state index contributed by atoms with van der Waals surface area (Å²) in [6.45, 7) is 2.02. The molecule has 1 heterocycles. The Hall–Kier alpha value is -1.38. The molecular formula is C14H20N2O. The van der Waals surface area contributed by atoms with Crippen LogP contribution in [0.15, 0.2) is 24.5 Å². The number of nitrogens with one attached hydrogen (secondary N) is 1. The summed E-state index contributed by atoms with van der Waals surface area (Å²) >= 11 is 0. The molecule has 1 aromatic rings. The number of carbonyl (C=O) groups excluding carboxylic acids is 1. The van der Waals surface area contributed by atoms with Crippen LogP contribution < -0.4 is 5.32 Å². The molecule has 2 rings (SSSR count). The van der Waals surface area contributed by atoms with Crippen molar-refractivity contribution in [2.45, 2.75) is 45.1 Å². The minimum absolute atomic E-state index is 0.0758. The molecule has 1 unspecified atom stereocenters. The molecule has 0 spiro atoms. The molecule has 0 radical (unpaired) electrons. The fourth-order valence-electron chi connectivity index (χ4n) is 2.51. The van der Waals surface area contributed by atoms with Gasteiger partial charge in [0.1, 0.15) is 0 Å². The SMILES string of the molecule is CC(NC(=O)CC1CCCC1)c1ccncc1. The lowest BCUT2D eigenvalue weighted by molar-refractivity contribution is -0.122. The van der Waals surface area contributed by atoms with E-state index < -0.39 is 0 Å². The first kappa shape index (κ1) is 12.1. The Labute approximate surface area is 103 Å². The number of carbonyl (C=O) groups is 1. The van der Waals surface area contributed by atoms with Gasteiger partial charge in [-0.25, -0.2) is 0 Å². The molecule has 1 amide bonds. The van der Waals surface area contributed by atoms with Crippen LogP contribution in [-0.2, 0) is 4.79 Å². The fraction of sp³-hybridized carbons (Fsp3) is 0.571. The Morgan fingerprint density at radius 3 is 2.71 bits per heavy atom. The van der Waals surface area contributed by atoms with Crippen molar-refractivity contribution in [1.29, 1.82) is 0 Å². The topological polar surface area (TPSA) is 42.0 Å². The van der Waals surface area contributed by atoms with E-state index in [0.29, 0.717) is 12.3 Å². The molecule has 1 atom stereocenters. The first-order valence-corrected chi connectivity index (χ1v) is 6.45. The lowest BCUT2D eigenvalue weighted by atomic mass is 10.0. The summed E-state index contributed by atoms with van der Waals surface area (Å²) < 4.78 is 0. The van der Waals surface area contributed by atoms with Crippen LogP contribution in [0.5, 0.6) is 0 Å². The fourth-order valence-corrected chi connectivity index (χ4v) is 2.51. The molecule has 0 aromatic carbocycles. The highest BCUT2D eigenvalue weighted by molar-refractivity contribution is 5.76. The molecular weight excluding hydrogens is 212 g/mol. The van der Waals surface area contributed by atoms with E-state index in [2.05, 4.69) is 10.3 Å². The lowest BCUT2D eigenvalue weighted by Crippen LogP contribution is -2.27. The molecule has 1 saturated carbocycles. The van der Waals surface area contributed by atoms with Crippen molar-refractivity contribution in [1.82, 2.24) is 10.3 Å². The third-order valence-electron chi connectivity index (χ3n) is 3.53. The third kappa shape index (κ3) is 3.55. The predicted octanol–water partition coefficient (Wildman–Crippen LogP) is 2.84. The molecule has 0 saturated heterocycles.